The van der Waals surface area contributed by atoms with Gasteiger partial charge in [0.1, 0.15) is 0 Å². The van der Waals surface area contributed by atoms with Crippen molar-refractivity contribution >= 4 is 10.8 Å². The third kappa shape index (κ3) is 4.00. The van der Waals surface area contributed by atoms with Gasteiger partial charge in [0.25, 0.3) is 0 Å². The smallest absolute Gasteiger partial charge is 0.0346 e. The zero-order valence-corrected chi connectivity index (χ0v) is 12.7. The molecule has 0 saturated carbocycles. The van der Waals surface area contributed by atoms with Crippen LogP contribution < -0.4 is 10.6 Å². The Kier molecular flexibility index (Phi) is 4.80. The highest BCUT2D eigenvalue weighted by atomic mass is 15.2. The van der Waals surface area contributed by atoms with Crippen LogP contribution in [0.3, 0.4) is 0 Å². The van der Waals surface area contributed by atoms with Gasteiger partial charge in [-0.05, 0) is 30.0 Å². The average molecular weight is 284 g/mol. The lowest BCUT2D eigenvalue weighted by atomic mass is 10.1. The lowest BCUT2D eigenvalue weighted by Gasteiger charge is -2.30. The molecule has 1 aliphatic heterocycles. The van der Waals surface area contributed by atoms with E-state index < -0.39 is 0 Å². The summed E-state index contributed by atoms with van der Waals surface area (Å²) in [6.45, 7) is 8.87. The van der Waals surface area contributed by atoms with Crippen LogP contribution in [-0.2, 0) is 6.54 Å². The lowest BCUT2D eigenvalue weighted by molar-refractivity contribution is 0.219. The molecule has 112 valence electrons. The van der Waals surface area contributed by atoms with E-state index in [9.17, 15) is 0 Å². The van der Waals surface area contributed by atoms with Crippen molar-refractivity contribution in [3.8, 4) is 0 Å². The van der Waals surface area contributed by atoms with E-state index >= 15 is 0 Å². The first-order valence-corrected chi connectivity index (χ1v) is 7.80. The summed E-state index contributed by atoms with van der Waals surface area (Å²) in [5.41, 5.74) is 1.33. The topological polar surface area (TPSA) is 40.2 Å². The first-order chi connectivity index (χ1) is 10.3. The number of rotatable bonds is 5. The number of hydrogen-bond donors (Lipinski definition) is 2. The Balaban J connectivity index is 1.53. The highest BCUT2D eigenvalue weighted by molar-refractivity contribution is 5.81. The highest BCUT2D eigenvalue weighted by Gasteiger charge is 2.12. The van der Waals surface area contributed by atoms with E-state index in [-0.39, 0.29) is 0 Å². The molecule has 1 fully saturated rings. The van der Waals surface area contributed by atoms with Gasteiger partial charge in [-0.1, -0.05) is 12.1 Å². The van der Waals surface area contributed by atoms with Crippen LogP contribution in [0.15, 0.2) is 36.7 Å². The Labute approximate surface area is 126 Å². The molecule has 1 saturated heterocycles. The van der Waals surface area contributed by atoms with Crippen LogP contribution in [0.4, 0.5) is 0 Å². The number of piperazine rings is 1. The third-order valence-electron chi connectivity index (χ3n) is 4.10. The van der Waals surface area contributed by atoms with Crippen LogP contribution in [0.2, 0.25) is 0 Å². The maximum absolute atomic E-state index is 4.16. The standard InChI is InChI=1S/C17H24N4/c1-14(13-21-8-6-18-7-9-21)20-11-15-2-3-17-12-19-5-4-16(17)10-15/h2-5,10,12,14,18,20H,6-9,11,13H2,1H3/t14-/m1/s1. The number of pyridine rings is 1. The lowest BCUT2D eigenvalue weighted by Crippen LogP contribution is -2.48. The predicted molar refractivity (Wildman–Crippen MR) is 87.4 cm³/mol. The van der Waals surface area contributed by atoms with Crippen LogP contribution in [0.5, 0.6) is 0 Å². The van der Waals surface area contributed by atoms with Crippen molar-refractivity contribution in [2.24, 2.45) is 0 Å². The minimum absolute atomic E-state index is 0.510. The average Bonchev–Trinajstić information content (AvgIpc) is 2.54. The Hall–Kier alpha value is -1.49. The minimum atomic E-state index is 0.510. The number of hydrogen-bond acceptors (Lipinski definition) is 4. The Morgan fingerprint density at radius 1 is 1.24 bits per heavy atom. The summed E-state index contributed by atoms with van der Waals surface area (Å²) in [6, 6.07) is 9.18. The van der Waals surface area contributed by atoms with Crippen molar-refractivity contribution < 1.29 is 0 Å². The summed E-state index contributed by atoms with van der Waals surface area (Å²) >= 11 is 0. The van der Waals surface area contributed by atoms with E-state index in [1.807, 2.05) is 12.4 Å². The van der Waals surface area contributed by atoms with Crippen molar-refractivity contribution in [1.82, 2.24) is 20.5 Å². The van der Waals surface area contributed by atoms with Gasteiger partial charge >= 0.3 is 0 Å². The predicted octanol–water partition coefficient (Wildman–Crippen LogP) is 1.62. The molecule has 1 aliphatic rings. The molecule has 21 heavy (non-hydrogen) atoms. The van der Waals surface area contributed by atoms with Gasteiger partial charge in [0.05, 0.1) is 0 Å². The number of nitrogens with zero attached hydrogens (tertiary/aromatic N) is 2. The molecule has 0 radical (unpaired) electrons. The molecule has 0 spiro atoms. The third-order valence-corrected chi connectivity index (χ3v) is 4.10. The van der Waals surface area contributed by atoms with Crippen molar-refractivity contribution in [1.29, 1.82) is 0 Å². The second kappa shape index (κ2) is 6.98. The Morgan fingerprint density at radius 3 is 2.95 bits per heavy atom. The molecule has 4 nitrogen and oxygen atoms in total. The first-order valence-electron chi connectivity index (χ1n) is 7.80. The summed E-state index contributed by atoms with van der Waals surface area (Å²) in [6.07, 6.45) is 3.77. The summed E-state index contributed by atoms with van der Waals surface area (Å²) in [4.78, 5) is 6.68. The molecular weight excluding hydrogens is 260 g/mol. The molecule has 2 aromatic rings. The van der Waals surface area contributed by atoms with E-state index in [1.165, 1.54) is 16.3 Å². The number of benzene rings is 1. The van der Waals surface area contributed by atoms with Gasteiger partial charge in [-0.2, -0.15) is 0 Å². The van der Waals surface area contributed by atoms with E-state index in [4.69, 9.17) is 0 Å². The largest absolute Gasteiger partial charge is 0.314 e. The summed E-state index contributed by atoms with van der Waals surface area (Å²) in [5, 5.41) is 9.50. The molecule has 1 aromatic carbocycles. The normalized spacial score (nSPS) is 18.0. The molecule has 2 heterocycles. The fraction of sp³-hybridized carbons (Fsp3) is 0.471. The van der Waals surface area contributed by atoms with Crippen LogP contribution in [-0.4, -0.2) is 48.6 Å². The Morgan fingerprint density at radius 2 is 2.10 bits per heavy atom. The van der Waals surface area contributed by atoms with E-state index in [1.54, 1.807) is 0 Å². The number of fused-ring (bicyclic) bond motifs is 1. The number of nitrogens with one attached hydrogen (secondary N) is 2. The Bertz CT molecular complexity index is 578. The van der Waals surface area contributed by atoms with E-state index in [0.717, 1.165) is 39.3 Å². The fourth-order valence-electron chi connectivity index (χ4n) is 2.88. The molecule has 2 N–H and O–H groups in total. The summed E-state index contributed by atoms with van der Waals surface area (Å²) in [5.74, 6) is 0. The molecule has 0 aliphatic carbocycles. The van der Waals surface area contributed by atoms with Crippen LogP contribution in [0.1, 0.15) is 12.5 Å². The monoisotopic (exact) mass is 284 g/mol. The van der Waals surface area contributed by atoms with Crippen LogP contribution in [0.25, 0.3) is 10.8 Å². The quantitative estimate of drug-likeness (QED) is 0.875. The van der Waals surface area contributed by atoms with Crippen molar-refractivity contribution in [3.05, 3.63) is 42.2 Å². The molecule has 0 bridgehead atoms. The zero-order valence-electron chi connectivity index (χ0n) is 12.7. The maximum atomic E-state index is 4.16. The molecule has 1 atom stereocenters. The van der Waals surface area contributed by atoms with Crippen molar-refractivity contribution in [2.75, 3.05) is 32.7 Å². The van der Waals surface area contributed by atoms with Crippen LogP contribution in [0, 0.1) is 0 Å². The van der Waals surface area contributed by atoms with Gasteiger partial charge < -0.3 is 10.6 Å². The summed E-state index contributed by atoms with van der Waals surface area (Å²) in [7, 11) is 0. The minimum Gasteiger partial charge on any atom is -0.314 e. The molecule has 0 amide bonds. The van der Waals surface area contributed by atoms with E-state index in [0.29, 0.717) is 6.04 Å². The van der Waals surface area contributed by atoms with Crippen LogP contribution >= 0.6 is 0 Å². The first kappa shape index (κ1) is 14.4. The molecule has 3 rings (SSSR count). The maximum Gasteiger partial charge on any atom is 0.0346 e. The molecule has 0 unspecified atom stereocenters. The second-order valence-corrected chi connectivity index (χ2v) is 5.89. The second-order valence-electron chi connectivity index (χ2n) is 5.89. The van der Waals surface area contributed by atoms with Crippen molar-refractivity contribution in [2.45, 2.75) is 19.5 Å². The van der Waals surface area contributed by atoms with Crippen molar-refractivity contribution in [3.63, 3.8) is 0 Å². The SMILES string of the molecule is C[C@H](CN1CCNCC1)NCc1ccc2cnccc2c1. The zero-order chi connectivity index (χ0) is 14.5. The number of aromatic nitrogens is 1. The van der Waals surface area contributed by atoms with Gasteiger partial charge in [0.2, 0.25) is 0 Å². The van der Waals surface area contributed by atoms with Gasteiger partial charge in [-0.15, -0.1) is 0 Å². The van der Waals surface area contributed by atoms with Gasteiger partial charge in [0, 0.05) is 63.1 Å². The van der Waals surface area contributed by atoms with E-state index in [2.05, 4.69) is 51.7 Å². The van der Waals surface area contributed by atoms with Gasteiger partial charge in [-0.25, -0.2) is 0 Å². The molecular formula is C17H24N4. The summed E-state index contributed by atoms with van der Waals surface area (Å²) < 4.78 is 0. The highest BCUT2D eigenvalue weighted by Crippen LogP contribution is 2.14. The van der Waals surface area contributed by atoms with Gasteiger partial charge in [0.15, 0.2) is 0 Å². The molecule has 4 heteroatoms. The molecule has 1 aromatic heterocycles. The van der Waals surface area contributed by atoms with Gasteiger partial charge in [-0.3, -0.25) is 9.88 Å². The fourth-order valence-corrected chi connectivity index (χ4v) is 2.88.